The molecular weight excluding hydrogens is 299 g/mol. The molecule has 0 unspecified atom stereocenters. The highest BCUT2D eigenvalue weighted by Gasteiger charge is 2.14. The first-order valence-electron chi connectivity index (χ1n) is 5.23. The lowest BCUT2D eigenvalue weighted by atomic mass is 10.2. The molecule has 2 rings (SSSR count). The summed E-state index contributed by atoms with van der Waals surface area (Å²) in [7, 11) is 1.58. The van der Waals surface area contributed by atoms with Crippen LogP contribution in [0, 0.1) is 5.82 Å². The molecule has 92 valence electrons. The van der Waals surface area contributed by atoms with E-state index in [4.69, 9.17) is 0 Å². The first-order chi connectivity index (χ1) is 8.58. The number of nitrogens with zero attached hydrogens (tertiary/aromatic N) is 2. The minimum atomic E-state index is -0.379. The third kappa shape index (κ3) is 2.73. The quantitative estimate of drug-likeness (QED) is 0.853. The summed E-state index contributed by atoms with van der Waals surface area (Å²) in [5.74, 6) is -0.663. The summed E-state index contributed by atoms with van der Waals surface area (Å²) >= 11 is 3.25. The zero-order valence-electron chi connectivity index (χ0n) is 9.60. The fourth-order valence-electron chi connectivity index (χ4n) is 1.48. The highest BCUT2D eigenvalue weighted by atomic mass is 79.9. The van der Waals surface area contributed by atoms with Gasteiger partial charge in [-0.2, -0.15) is 0 Å². The van der Waals surface area contributed by atoms with Gasteiger partial charge in [-0.3, -0.25) is 4.79 Å². The number of aromatic nitrogens is 1. The Balaban J connectivity index is 2.26. The van der Waals surface area contributed by atoms with Gasteiger partial charge in [0.1, 0.15) is 11.5 Å². The van der Waals surface area contributed by atoms with Crippen molar-refractivity contribution in [2.75, 3.05) is 11.9 Å². The number of carbonyl (C=O) groups excluding carboxylic acids is 1. The Morgan fingerprint density at radius 2 is 2.11 bits per heavy atom. The highest BCUT2D eigenvalue weighted by molar-refractivity contribution is 9.10. The van der Waals surface area contributed by atoms with Gasteiger partial charge in [-0.25, -0.2) is 9.37 Å². The normalized spacial score (nSPS) is 10.2. The molecule has 0 spiro atoms. The zero-order chi connectivity index (χ0) is 13.1. The molecule has 0 aliphatic rings. The monoisotopic (exact) mass is 308 g/mol. The van der Waals surface area contributed by atoms with Gasteiger partial charge < -0.3 is 4.90 Å². The van der Waals surface area contributed by atoms with Crippen LogP contribution in [0.5, 0.6) is 0 Å². The predicted octanol–water partition coefficient (Wildman–Crippen LogP) is 3.26. The van der Waals surface area contributed by atoms with E-state index in [0.29, 0.717) is 11.4 Å². The van der Waals surface area contributed by atoms with E-state index in [1.54, 1.807) is 37.5 Å². The summed E-state index contributed by atoms with van der Waals surface area (Å²) in [5.41, 5.74) is 0.801. The minimum Gasteiger partial charge on any atom is -0.310 e. The van der Waals surface area contributed by atoms with Crippen LogP contribution in [-0.4, -0.2) is 17.9 Å². The summed E-state index contributed by atoms with van der Waals surface area (Å²) in [6.45, 7) is 0. The average molecular weight is 309 g/mol. The smallest absolute Gasteiger partial charge is 0.276 e. The standard InChI is InChI=1S/C13H10BrFN2O/c1-17(11-4-2-3-10(15)7-11)13(18)12-6-5-9(14)8-16-12/h2-8H,1H3. The van der Waals surface area contributed by atoms with Crippen LogP contribution >= 0.6 is 15.9 Å². The summed E-state index contributed by atoms with van der Waals surface area (Å²) in [5, 5.41) is 0. The van der Waals surface area contributed by atoms with Crippen molar-refractivity contribution in [3.63, 3.8) is 0 Å². The van der Waals surface area contributed by atoms with Crippen LogP contribution in [0.4, 0.5) is 10.1 Å². The molecule has 0 fully saturated rings. The van der Waals surface area contributed by atoms with Crippen LogP contribution in [0.25, 0.3) is 0 Å². The second-order valence-electron chi connectivity index (χ2n) is 3.71. The van der Waals surface area contributed by atoms with Crippen LogP contribution in [0.2, 0.25) is 0 Å². The van der Waals surface area contributed by atoms with Gasteiger partial charge in [-0.05, 0) is 46.3 Å². The van der Waals surface area contributed by atoms with Crippen molar-refractivity contribution in [1.82, 2.24) is 4.98 Å². The van der Waals surface area contributed by atoms with E-state index in [1.165, 1.54) is 17.0 Å². The molecule has 0 saturated carbocycles. The number of hydrogen-bond acceptors (Lipinski definition) is 2. The number of anilines is 1. The predicted molar refractivity (Wildman–Crippen MR) is 71.1 cm³/mol. The van der Waals surface area contributed by atoms with E-state index in [9.17, 15) is 9.18 Å². The van der Waals surface area contributed by atoms with E-state index >= 15 is 0 Å². The van der Waals surface area contributed by atoms with Gasteiger partial charge in [-0.15, -0.1) is 0 Å². The molecule has 0 atom stereocenters. The lowest BCUT2D eigenvalue weighted by Crippen LogP contribution is -2.27. The van der Waals surface area contributed by atoms with Crippen LogP contribution in [0.3, 0.4) is 0 Å². The molecule has 0 bridgehead atoms. The van der Waals surface area contributed by atoms with Gasteiger partial charge >= 0.3 is 0 Å². The van der Waals surface area contributed by atoms with E-state index in [0.717, 1.165) is 4.47 Å². The lowest BCUT2D eigenvalue weighted by molar-refractivity contribution is 0.0988. The third-order valence-corrected chi connectivity index (χ3v) is 2.92. The number of hydrogen-bond donors (Lipinski definition) is 0. The highest BCUT2D eigenvalue weighted by Crippen LogP contribution is 2.16. The first-order valence-corrected chi connectivity index (χ1v) is 6.02. The third-order valence-electron chi connectivity index (χ3n) is 2.45. The number of amides is 1. The number of carbonyl (C=O) groups is 1. The van der Waals surface area contributed by atoms with Gasteiger partial charge in [-0.1, -0.05) is 6.07 Å². The van der Waals surface area contributed by atoms with Crippen molar-refractivity contribution in [2.24, 2.45) is 0 Å². The van der Waals surface area contributed by atoms with Gasteiger partial charge in [0, 0.05) is 23.4 Å². The molecule has 0 radical (unpaired) electrons. The first kappa shape index (κ1) is 12.7. The SMILES string of the molecule is CN(C(=O)c1ccc(Br)cn1)c1cccc(F)c1. The average Bonchev–Trinajstić information content (AvgIpc) is 2.38. The second kappa shape index (κ2) is 5.27. The van der Waals surface area contributed by atoms with Crippen LogP contribution in [-0.2, 0) is 0 Å². The molecule has 3 nitrogen and oxygen atoms in total. The molecule has 18 heavy (non-hydrogen) atoms. The zero-order valence-corrected chi connectivity index (χ0v) is 11.2. The molecule has 0 saturated heterocycles. The molecule has 1 aromatic carbocycles. The Bertz CT molecular complexity index is 571. The minimum absolute atomic E-state index is 0.284. The molecule has 5 heteroatoms. The second-order valence-corrected chi connectivity index (χ2v) is 4.62. The van der Waals surface area contributed by atoms with Crippen LogP contribution < -0.4 is 4.90 Å². The van der Waals surface area contributed by atoms with E-state index in [1.807, 2.05) is 0 Å². The molecule has 0 aliphatic carbocycles. The molecule has 1 amide bonds. The molecular formula is C13H10BrFN2O. The van der Waals surface area contributed by atoms with Crippen molar-refractivity contribution in [1.29, 1.82) is 0 Å². The van der Waals surface area contributed by atoms with Crippen LogP contribution in [0.1, 0.15) is 10.5 Å². The van der Waals surface area contributed by atoms with Crippen molar-refractivity contribution in [2.45, 2.75) is 0 Å². The number of rotatable bonds is 2. The summed E-state index contributed by atoms with van der Waals surface area (Å²) in [4.78, 5) is 17.5. The Hall–Kier alpha value is -1.75. The van der Waals surface area contributed by atoms with Gasteiger partial charge in [0.2, 0.25) is 0 Å². The molecule has 0 N–H and O–H groups in total. The summed E-state index contributed by atoms with van der Waals surface area (Å²) < 4.78 is 13.9. The topological polar surface area (TPSA) is 33.2 Å². The van der Waals surface area contributed by atoms with Gasteiger partial charge in [0.05, 0.1) is 0 Å². The van der Waals surface area contributed by atoms with Crippen molar-refractivity contribution in [3.8, 4) is 0 Å². The Labute approximate surface area is 112 Å². The summed E-state index contributed by atoms with van der Waals surface area (Å²) in [6, 6.07) is 9.21. The van der Waals surface area contributed by atoms with E-state index in [2.05, 4.69) is 20.9 Å². The fourth-order valence-corrected chi connectivity index (χ4v) is 1.71. The largest absolute Gasteiger partial charge is 0.310 e. The van der Waals surface area contributed by atoms with Gasteiger partial charge in [0.25, 0.3) is 5.91 Å². The lowest BCUT2D eigenvalue weighted by Gasteiger charge is -2.16. The molecule has 1 heterocycles. The summed E-state index contributed by atoms with van der Waals surface area (Å²) in [6.07, 6.45) is 1.55. The van der Waals surface area contributed by atoms with E-state index in [-0.39, 0.29) is 11.7 Å². The number of halogens is 2. The number of benzene rings is 1. The Kier molecular flexibility index (Phi) is 3.72. The maximum atomic E-state index is 13.1. The molecule has 1 aromatic heterocycles. The Morgan fingerprint density at radius 1 is 1.33 bits per heavy atom. The van der Waals surface area contributed by atoms with Crippen molar-refractivity contribution < 1.29 is 9.18 Å². The maximum absolute atomic E-state index is 13.1. The molecule has 0 aliphatic heterocycles. The number of pyridine rings is 1. The molecule has 2 aromatic rings. The van der Waals surface area contributed by atoms with E-state index < -0.39 is 0 Å². The van der Waals surface area contributed by atoms with Crippen LogP contribution in [0.15, 0.2) is 47.1 Å². The van der Waals surface area contributed by atoms with Gasteiger partial charge in [0.15, 0.2) is 0 Å². The maximum Gasteiger partial charge on any atom is 0.276 e. The van der Waals surface area contributed by atoms with Crippen molar-refractivity contribution in [3.05, 3.63) is 58.6 Å². The van der Waals surface area contributed by atoms with Crippen molar-refractivity contribution >= 4 is 27.5 Å². The fraction of sp³-hybridized carbons (Fsp3) is 0.0769. The Morgan fingerprint density at radius 3 is 2.72 bits per heavy atom.